The number of fused-ring (bicyclic) bond motifs is 1. The maximum Gasteiger partial charge on any atom is 0.231 e. The third-order valence-corrected chi connectivity index (χ3v) is 5.55. The summed E-state index contributed by atoms with van der Waals surface area (Å²) in [5.41, 5.74) is 5.23. The first-order valence-corrected chi connectivity index (χ1v) is 10.6. The van der Waals surface area contributed by atoms with Gasteiger partial charge in [-0.1, -0.05) is 56.7 Å². The second kappa shape index (κ2) is 9.19. The van der Waals surface area contributed by atoms with Gasteiger partial charge in [0, 0.05) is 31.0 Å². The Bertz CT molecular complexity index is 933. The van der Waals surface area contributed by atoms with Gasteiger partial charge in [0.25, 0.3) is 0 Å². The normalized spacial score (nSPS) is 12.7. The Morgan fingerprint density at radius 1 is 0.897 bits per heavy atom. The van der Waals surface area contributed by atoms with Crippen molar-refractivity contribution < 1.29 is 9.47 Å². The molecule has 1 aliphatic rings. The summed E-state index contributed by atoms with van der Waals surface area (Å²) in [4.78, 5) is 2.48. The van der Waals surface area contributed by atoms with Crippen molar-refractivity contribution in [2.45, 2.75) is 46.3 Å². The molecule has 4 nitrogen and oxygen atoms in total. The predicted octanol–water partition coefficient (Wildman–Crippen LogP) is 5.71. The minimum absolute atomic E-state index is 0.323. The van der Waals surface area contributed by atoms with Crippen LogP contribution in [0.15, 0.2) is 60.7 Å². The van der Waals surface area contributed by atoms with Crippen molar-refractivity contribution >= 4 is 0 Å². The standard InChI is InChI=1S/C25H30N2O2/c1-3-5-15-27-22(12-13-23(27)21-9-7-6-8-10-21)18-26(4-2)17-20-11-14-24-25(16-20)29-19-28-24/h6-14,16H,3-5,15,17-19H2,1-2H3. The summed E-state index contributed by atoms with van der Waals surface area (Å²) in [5.74, 6) is 1.70. The molecule has 4 rings (SSSR count). The lowest BCUT2D eigenvalue weighted by molar-refractivity contribution is 0.174. The van der Waals surface area contributed by atoms with Gasteiger partial charge in [-0.2, -0.15) is 0 Å². The van der Waals surface area contributed by atoms with E-state index in [-0.39, 0.29) is 0 Å². The summed E-state index contributed by atoms with van der Waals surface area (Å²) in [7, 11) is 0. The minimum atomic E-state index is 0.323. The maximum absolute atomic E-state index is 5.54. The summed E-state index contributed by atoms with van der Waals surface area (Å²) in [6.45, 7) is 8.68. The van der Waals surface area contributed by atoms with E-state index in [0.29, 0.717) is 6.79 Å². The molecule has 0 spiro atoms. The van der Waals surface area contributed by atoms with Gasteiger partial charge in [0.2, 0.25) is 6.79 Å². The van der Waals surface area contributed by atoms with Gasteiger partial charge in [-0.15, -0.1) is 0 Å². The van der Waals surface area contributed by atoms with Gasteiger partial charge in [-0.05, 0) is 48.4 Å². The van der Waals surface area contributed by atoms with E-state index in [2.05, 4.69) is 77.9 Å². The predicted molar refractivity (Wildman–Crippen MR) is 117 cm³/mol. The van der Waals surface area contributed by atoms with Crippen LogP contribution in [0.5, 0.6) is 11.5 Å². The number of hydrogen-bond donors (Lipinski definition) is 0. The van der Waals surface area contributed by atoms with E-state index in [0.717, 1.165) is 37.7 Å². The van der Waals surface area contributed by atoms with Gasteiger partial charge in [0.1, 0.15) is 0 Å². The molecule has 29 heavy (non-hydrogen) atoms. The van der Waals surface area contributed by atoms with E-state index in [1.165, 1.54) is 35.4 Å². The topological polar surface area (TPSA) is 26.6 Å². The van der Waals surface area contributed by atoms with E-state index >= 15 is 0 Å². The van der Waals surface area contributed by atoms with Gasteiger partial charge in [0.15, 0.2) is 11.5 Å². The molecule has 0 saturated heterocycles. The summed E-state index contributed by atoms with van der Waals surface area (Å²) in [6, 6.07) is 21.5. The van der Waals surface area contributed by atoms with E-state index < -0.39 is 0 Å². The maximum atomic E-state index is 5.54. The highest BCUT2D eigenvalue weighted by Crippen LogP contribution is 2.33. The molecule has 2 heterocycles. The second-order valence-electron chi connectivity index (χ2n) is 7.57. The Morgan fingerprint density at radius 2 is 1.72 bits per heavy atom. The van der Waals surface area contributed by atoms with Crippen LogP contribution in [-0.4, -0.2) is 22.8 Å². The van der Waals surface area contributed by atoms with E-state index in [4.69, 9.17) is 9.47 Å². The van der Waals surface area contributed by atoms with Gasteiger partial charge in [-0.3, -0.25) is 4.90 Å². The van der Waals surface area contributed by atoms with Crippen LogP contribution in [0.25, 0.3) is 11.3 Å². The summed E-state index contributed by atoms with van der Waals surface area (Å²) in [5, 5.41) is 0. The SMILES string of the molecule is CCCCn1c(CN(CC)Cc2ccc3c(c2)OCO3)ccc1-c1ccccc1. The van der Waals surface area contributed by atoms with Gasteiger partial charge >= 0.3 is 0 Å². The number of unbranched alkanes of at least 4 members (excludes halogenated alkanes) is 1. The van der Waals surface area contributed by atoms with Crippen molar-refractivity contribution in [3.8, 4) is 22.8 Å². The zero-order valence-electron chi connectivity index (χ0n) is 17.4. The van der Waals surface area contributed by atoms with Crippen LogP contribution in [0.3, 0.4) is 0 Å². The van der Waals surface area contributed by atoms with E-state index in [9.17, 15) is 0 Å². The Hall–Kier alpha value is -2.72. The van der Waals surface area contributed by atoms with Crippen LogP contribution in [-0.2, 0) is 19.6 Å². The average Bonchev–Trinajstić information content (AvgIpc) is 3.38. The molecule has 3 aromatic rings. The first kappa shape index (κ1) is 19.6. The fourth-order valence-corrected chi connectivity index (χ4v) is 3.90. The zero-order chi connectivity index (χ0) is 20.1. The van der Waals surface area contributed by atoms with Gasteiger partial charge < -0.3 is 14.0 Å². The molecule has 0 unspecified atom stereocenters. The minimum Gasteiger partial charge on any atom is -0.454 e. The lowest BCUT2D eigenvalue weighted by atomic mass is 10.1. The first-order chi connectivity index (χ1) is 14.3. The first-order valence-electron chi connectivity index (χ1n) is 10.6. The fraction of sp³-hybridized carbons (Fsp3) is 0.360. The van der Waals surface area contributed by atoms with Crippen molar-refractivity contribution in [2.24, 2.45) is 0 Å². The molecule has 0 bridgehead atoms. The van der Waals surface area contributed by atoms with Crippen molar-refractivity contribution in [3.63, 3.8) is 0 Å². The zero-order valence-corrected chi connectivity index (χ0v) is 17.4. The molecule has 0 N–H and O–H groups in total. The van der Waals surface area contributed by atoms with E-state index in [1.54, 1.807) is 0 Å². The number of benzene rings is 2. The van der Waals surface area contributed by atoms with E-state index in [1.807, 2.05) is 6.07 Å². The van der Waals surface area contributed by atoms with Crippen LogP contribution in [0.4, 0.5) is 0 Å². The molecule has 0 amide bonds. The quantitative estimate of drug-likeness (QED) is 0.468. The molecule has 1 aromatic heterocycles. The Kier molecular flexibility index (Phi) is 6.20. The molecule has 2 aromatic carbocycles. The summed E-state index contributed by atoms with van der Waals surface area (Å²) >= 11 is 0. The molecule has 0 radical (unpaired) electrons. The largest absolute Gasteiger partial charge is 0.454 e. The molecule has 0 saturated carbocycles. The van der Waals surface area contributed by atoms with Crippen LogP contribution >= 0.6 is 0 Å². The molecule has 152 valence electrons. The molecular formula is C25H30N2O2. The molecule has 0 aliphatic carbocycles. The van der Waals surface area contributed by atoms with Gasteiger partial charge in [-0.25, -0.2) is 0 Å². The van der Waals surface area contributed by atoms with Crippen LogP contribution in [0.2, 0.25) is 0 Å². The monoisotopic (exact) mass is 390 g/mol. The second-order valence-corrected chi connectivity index (χ2v) is 7.57. The highest BCUT2D eigenvalue weighted by molar-refractivity contribution is 5.60. The van der Waals surface area contributed by atoms with Crippen molar-refractivity contribution in [1.82, 2.24) is 9.47 Å². The Morgan fingerprint density at radius 3 is 2.52 bits per heavy atom. The molecule has 4 heteroatoms. The van der Waals surface area contributed by atoms with Gasteiger partial charge in [0.05, 0.1) is 0 Å². The fourth-order valence-electron chi connectivity index (χ4n) is 3.90. The smallest absolute Gasteiger partial charge is 0.231 e. The third kappa shape index (κ3) is 4.48. The number of rotatable bonds is 9. The Labute approximate surface area is 173 Å². The number of hydrogen-bond acceptors (Lipinski definition) is 3. The number of ether oxygens (including phenoxy) is 2. The lowest BCUT2D eigenvalue weighted by Crippen LogP contribution is -2.24. The van der Waals surface area contributed by atoms with Crippen LogP contribution in [0.1, 0.15) is 37.9 Å². The number of nitrogens with zero attached hydrogens (tertiary/aromatic N) is 2. The summed E-state index contributed by atoms with van der Waals surface area (Å²) < 4.78 is 13.5. The van der Waals surface area contributed by atoms with Crippen molar-refractivity contribution in [2.75, 3.05) is 13.3 Å². The molecule has 0 fully saturated rings. The summed E-state index contributed by atoms with van der Waals surface area (Å²) in [6.07, 6.45) is 2.39. The van der Waals surface area contributed by atoms with Crippen LogP contribution in [0, 0.1) is 0 Å². The van der Waals surface area contributed by atoms with Crippen molar-refractivity contribution in [1.29, 1.82) is 0 Å². The highest BCUT2D eigenvalue weighted by atomic mass is 16.7. The third-order valence-electron chi connectivity index (χ3n) is 5.55. The molecular weight excluding hydrogens is 360 g/mol. The number of aromatic nitrogens is 1. The van der Waals surface area contributed by atoms with Crippen LogP contribution < -0.4 is 9.47 Å². The van der Waals surface area contributed by atoms with Crippen molar-refractivity contribution in [3.05, 3.63) is 71.9 Å². The average molecular weight is 391 g/mol. The molecule has 0 atom stereocenters. The highest BCUT2D eigenvalue weighted by Gasteiger charge is 2.16. The molecule has 1 aliphatic heterocycles. The lowest BCUT2D eigenvalue weighted by Gasteiger charge is -2.22. The Balaban J connectivity index is 1.54.